The maximum atomic E-state index is 4.38. The van der Waals surface area contributed by atoms with Gasteiger partial charge in [0.2, 0.25) is 0 Å². The zero-order chi connectivity index (χ0) is 10.8. The number of amidine groups is 1. The van der Waals surface area contributed by atoms with Crippen molar-refractivity contribution >= 4 is 38.5 Å². The van der Waals surface area contributed by atoms with Crippen LogP contribution < -0.4 is 5.32 Å². The van der Waals surface area contributed by atoms with E-state index < -0.39 is 0 Å². The van der Waals surface area contributed by atoms with E-state index in [1.54, 1.807) is 11.8 Å². The molecule has 0 aliphatic carbocycles. The van der Waals surface area contributed by atoms with Crippen molar-refractivity contribution in [1.82, 2.24) is 0 Å². The molecular formula is C11H13BrN2S. The van der Waals surface area contributed by atoms with Gasteiger partial charge in [-0.05, 0) is 47.0 Å². The summed E-state index contributed by atoms with van der Waals surface area (Å²) in [5.41, 5.74) is 3.65. The van der Waals surface area contributed by atoms with E-state index in [4.69, 9.17) is 0 Å². The number of halogens is 1. The molecule has 1 aromatic carbocycles. The summed E-state index contributed by atoms with van der Waals surface area (Å²) in [6, 6.07) is 4.29. The lowest BCUT2D eigenvalue weighted by Gasteiger charge is -2.11. The van der Waals surface area contributed by atoms with E-state index in [1.807, 2.05) is 0 Å². The van der Waals surface area contributed by atoms with Crippen LogP contribution in [0, 0.1) is 13.8 Å². The normalized spacial score (nSPS) is 15.3. The first kappa shape index (κ1) is 11.0. The van der Waals surface area contributed by atoms with Crippen LogP contribution in [0.5, 0.6) is 0 Å². The van der Waals surface area contributed by atoms with Crippen LogP contribution in [0.15, 0.2) is 21.6 Å². The highest BCUT2D eigenvalue weighted by molar-refractivity contribution is 9.10. The maximum Gasteiger partial charge on any atom is 0.161 e. The number of aryl methyl sites for hydroxylation is 2. The van der Waals surface area contributed by atoms with E-state index in [-0.39, 0.29) is 0 Å². The Morgan fingerprint density at radius 1 is 1.40 bits per heavy atom. The van der Waals surface area contributed by atoms with E-state index in [2.05, 4.69) is 52.2 Å². The highest BCUT2D eigenvalue weighted by atomic mass is 79.9. The fraction of sp³-hybridized carbons (Fsp3) is 0.364. The Morgan fingerprint density at radius 3 is 2.80 bits per heavy atom. The molecule has 0 atom stereocenters. The molecule has 1 aliphatic rings. The van der Waals surface area contributed by atoms with Gasteiger partial charge in [-0.15, -0.1) is 0 Å². The summed E-state index contributed by atoms with van der Waals surface area (Å²) >= 11 is 5.36. The Bertz CT molecular complexity index is 392. The molecule has 1 N–H and O–H groups in total. The molecule has 0 radical (unpaired) electrons. The number of thioether (sulfide) groups is 1. The minimum atomic E-state index is 0.926. The van der Waals surface area contributed by atoms with E-state index in [1.165, 1.54) is 11.1 Å². The lowest BCUT2D eigenvalue weighted by atomic mass is 10.1. The van der Waals surface area contributed by atoms with Crippen LogP contribution in [0.1, 0.15) is 11.1 Å². The fourth-order valence-electron chi connectivity index (χ4n) is 1.59. The van der Waals surface area contributed by atoms with Crippen LogP contribution in [0.2, 0.25) is 0 Å². The smallest absolute Gasteiger partial charge is 0.161 e. The minimum Gasteiger partial charge on any atom is -0.334 e. The molecule has 0 unspecified atom stereocenters. The highest BCUT2D eigenvalue weighted by Gasteiger charge is 2.11. The van der Waals surface area contributed by atoms with E-state index in [0.29, 0.717) is 0 Å². The summed E-state index contributed by atoms with van der Waals surface area (Å²) in [5.74, 6) is 1.09. The number of aliphatic imine (C=N–C) groups is 1. The third-order valence-corrected chi connectivity index (χ3v) is 3.77. The van der Waals surface area contributed by atoms with E-state index >= 15 is 0 Å². The molecule has 0 fully saturated rings. The van der Waals surface area contributed by atoms with Crippen molar-refractivity contribution < 1.29 is 0 Å². The zero-order valence-electron chi connectivity index (χ0n) is 8.80. The predicted molar refractivity (Wildman–Crippen MR) is 72.0 cm³/mol. The molecule has 0 amide bonds. The van der Waals surface area contributed by atoms with Crippen molar-refractivity contribution in [1.29, 1.82) is 0 Å². The average molecular weight is 285 g/mol. The molecule has 1 aliphatic heterocycles. The summed E-state index contributed by atoms with van der Waals surface area (Å²) in [5, 5.41) is 4.40. The van der Waals surface area contributed by atoms with Crippen LogP contribution in [-0.2, 0) is 0 Å². The molecule has 0 aromatic heterocycles. The Balaban J connectivity index is 2.27. The second kappa shape index (κ2) is 4.58. The van der Waals surface area contributed by atoms with Crippen LogP contribution in [0.4, 0.5) is 5.69 Å². The highest BCUT2D eigenvalue weighted by Crippen LogP contribution is 2.29. The van der Waals surface area contributed by atoms with Crippen molar-refractivity contribution in [2.75, 3.05) is 17.6 Å². The van der Waals surface area contributed by atoms with Crippen molar-refractivity contribution in [3.63, 3.8) is 0 Å². The van der Waals surface area contributed by atoms with Gasteiger partial charge in [-0.3, -0.25) is 4.99 Å². The predicted octanol–water partition coefficient (Wildman–Crippen LogP) is 3.58. The summed E-state index contributed by atoms with van der Waals surface area (Å²) in [6.07, 6.45) is 0. The van der Waals surface area contributed by atoms with Crippen LogP contribution in [0.25, 0.3) is 0 Å². The van der Waals surface area contributed by atoms with Gasteiger partial charge in [0.1, 0.15) is 0 Å². The SMILES string of the molecule is Cc1cc(C)c(NC2=NCCS2)c(Br)c1. The minimum absolute atomic E-state index is 0.926. The van der Waals surface area contributed by atoms with Crippen LogP contribution in [-0.4, -0.2) is 17.5 Å². The first-order valence-corrected chi connectivity index (χ1v) is 6.65. The molecule has 1 heterocycles. The Kier molecular flexibility index (Phi) is 3.36. The second-order valence-electron chi connectivity index (χ2n) is 3.60. The summed E-state index contributed by atoms with van der Waals surface area (Å²) in [6.45, 7) is 5.14. The monoisotopic (exact) mass is 284 g/mol. The summed E-state index contributed by atoms with van der Waals surface area (Å²) in [4.78, 5) is 4.38. The van der Waals surface area contributed by atoms with Gasteiger partial charge in [-0.2, -0.15) is 0 Å². The zero-order valence-corrected chi connectivity index (χ0v) is 11.2. The maximum absolute atomic E-state index is 4.38. The van der Waals surface area contributed by atoms with E-state index in [9.17, 15) is 0 Å². The van der Waals surface area contributed by atoms with Gasteiger partial charge in [0.05, 0.1) is 12.2 Å². The molecular weight excluding hydrogens is 272 g/mol. The van der Waals surface area contributed by atoms with Gasteiger partial charge in [0.25, 0.3) is 0 Å². The number of benzene rings is 1. The molecule has 1 aromatic rings. The molecule has 4 heteroatoms. The molecule has 0 spiro atoms. The molecule has 2 rings (SSSR count). The van der Waals surface area contributed by atoms with Crippen molar-refractivity contribution in [2.24, 2.45) is 4.99 Å². The van der Waals surface area contributed by atoms with Gasteiger partial charge in [-0.25, -0.2) is 0 Å². The molecule has 80 valence electrons. The lowest BCUT2D eigenvalue weighted by Crippen LogP contribution is -2.07. The van der Waals surface area contributed by atoms with Crippen LogP contribution in [0.3, 0.4) is 0 Å². The topological polar surface area (TPSA) is 24.4 Å². The number of hydrogen-bond acceptors (Lipinski definition) is 3. The first-order chi connectivity index (χ1) is 7.16. The molecule has 0 saturated carbocycles. The van der Waals surface area contributed by atoms with Gasteiger partial charge in [0.15, 0.2) is 5.17 Å². The standard InChI is InChI=1S/C11H13BrN2S/c1-7-5-8(2)10(9(12)6-7)14-11-13-3-4-15-11/h5-6H,3-4H2,1-2H3,(H,13,14). The third kappa shape index (κ3) is 2.55. The number of rotatable bonds is 1. The van der Waals surface area contributed by atoms with Crippen molar-refractivity contribution in [2.45, 2.75) is 13.8 Å². The average Bonchev–Trinajstić information content (AvgIpc) is 2.63. The van der Waals surface area contributed by atoms with Crippen molar-refractivity contribution in [3.05, 3.63) is 27.7 Å². The Hall–Kier alpha value is -0.480. The Morgan fingerprint density at radius 2 is 2.20 bits per heavy atom. The molecule has 2 nitrogen and oxygen atoms in total. The van der Waals surface area contributed by atoms with Crippen molar-refractivity contribution in [3.8, 4) is 0 Å². The molecule has 0 bridgehead atoms. The number of nitrogens with one attached hydrogen (secondary N) is 1. The molecule has 15 heavy (non-hydrogen) atoms. The fourth-order valence-corrected chi connectivity index (χ4v) is 3.10. The second-order valence-corrected chi connectivity index (χ2v) is 5.54. The quantitative estimate of drug-likeness (QED) is 0.853. The Labute approximate surface area is 103 Å². The van der Waals surface area contributed by atoms with Gasteiger partial charge >= 0.3 is 0 Å². The van der Waals surface area contributed by atoms with Gasteiger partial charge < -0.3 is 5.32 Å². The summed E-state index contributed by atoms with van der Waals surface area (Å²) in [7, 11) is 0. The van der Waals surface area contributed by atoms with Crippen LogP contribution >= 0.6 is 27.7 Å². The number of anilines is 1. The summed E-state index contributed by atoms with van der Waals surface area (Å²) < 4.78 is 1.11. The lowest BCUT2D eigenvalue weighted by molar-refractivity contribution is 1.17. The van der Waals surface area contributed by atoms with Gasteiger partial charge in [-0.1, -0.05) is 17.8 Å². The largest absolute Gasteiger partial charge is 0.334 e. The third-order valence-electron chi connectivity index (χ3n) is 2.25. The van der Waals surface area contributed by atoms with E-state index in [0.717, 1.165) is 27.6 Å². The first-order valence-electron chi connectivity index (χ1n) is 4.88. The molecule has 0 saturated heterocycles. The van der Waals surface area contributed by atoms with Gasteiger partial charge in [0, 0.05) is 10.2 Å². The number of nitrogens with zero attached hydrogens (tertiary/aromatic N) is 1. The number of hydrogen-bond donors (Lipinski definition) is 1.